The van der Waals surface area contributed by atoms with Crippen LogP contribution in [0.15, 0.2) is 36.4 Å². The van der Waals surface area contributed by atoms with Crippen LogP contribution in [0, 0.1) is 0 Å². The molecule has 0 saturated heterocycles. The molecule has 6 nitrogen and oxygen atoms in total. The third-order valence-corrected chi connectivity index (χ3v) is 3.74. The van der Waals surface area contributed by atoms with Gasteiger partial charge in [-0.25, -0.2) is 13.1 Å². The Morgan fingerprint density at radius 2 is 2.14 bits per heavy atom. The van der Waals surface area contributed by atoms with Gasteiger partial charge in [0, 0.05) is 18.3 Å². The van der Waals surface area contributed by atoms with Crippen molar-refractivity contribution in [3.8, 4) is 5.75 Å². The molecule has 0 spiro atoms. The molecular formula is C14H22N2O4S. The number of anilines is 1. The highest BCUT2D eigenvalue weighted by atomic mass is 32.2. The fourth-order valence-electron chi connectivity index (χ4n) is 1.46. The minimum Gasteiger partial charge on any atom is -0.492 e. The van der Waals surface area contributed by atoms with Crippen LogP contribution in [0.5, 0.6) is 5.75 Å². The maximum absolute atomic E-state index is 11.7. The Hall–Kier alpha value is -1.57. The lowest BCUT2D eigenvalue weighted by molar-refractivity contribution is 0.162. The van der Waals surface area contributed by atoms with Crippen molar-refractivity contribution < 1.29 is 17.9 Å². The van der Waals surface area contributed by atoms with E-state index in [9.17, 15) is 8.42 Å². The van der Waals surface area contributed by atoms with Gasteiger partial charge in [-0.15, -0.1) is 0 Å². The van der Waals surface area contributed by atoms with Crippen molar-refractivity contribution in [1.29, 1.82) is 0 Å². The Morgan fingerprint density at radius 3 is 2.81 bits per heavy atom. The maximum atomic E-state index is 11.7. The second-order valence-electron chi connectivity index (χ2n) is 4.64. The molecule has 0 aromatic heterocycles. The van der Waals surface area contributed by atoms with Crippen LogP contribution in [-0.2, 0) is 14.8 Å². The van der Waals surface area contributed by atoms with Crippen molar-refractivity contribution in [1.82, 2.24) is 4.72 Å². The summed E-state index contributed by atoms with van der Waals surface area (Å²) in [6.07, 6.45) is 0. The molecule has 0 heterocycles. The molecule has 7 heteroatoms. The van der Waals surface area contributed by atoms with Gasteiger partial charge < -0.3 is 15.2 Å². The van der Waals surface area contributed by atoms with Crippen LogP contribution in [0.1, 0.15) is 6.92 Å². The van der Waals surface area contributed by atoms with Crippen molar-refractivity contribution in [2.75, 3.05) is 37.9 Å². The van der Waals surface area contributed by atoms with Crippen LogP contribution < -0.4 is 15.2 Å². The molecule has 0 fully saturated rings. The first-order valence-corrected chi connectivity index (χ1v) is 8.22. The lowest BCUT2D eigenvalue weighted by Gasteiger charge is -2.09. The van der Waals surface area contributed by atoms with Gasteiger partial charge >= 0.3 is 0 Å². The van der Waals surface area contributed by atoms with Gasteiger partial charge in [0.25, 0.3) is 0 Å². The summed E-state index contributed by atoms with van der Waals surface area (Å²) >= 11 is 0. The molecule has 3 N–H and O–H groups in total. The summed E-state index contributed by atoms with van der Waals surface area (Å²) in [7, 11) is -3.37. The number of hydrogen-bond acceptors (Lipinski definition) is 5. The van der Waals surface area contributed by atoms with E-state index >= 15 is 0 Å². The normalized spacial score (nSPS) is 11.3. The molecule has 1 rings (SSSR count). The van der Waals surface area contributed by atoms with E-state index in [1.165, 1.54) is 0 Å². The van der Waals surface area contributed by atoms with E-state index in [4.69, 9.17) is 15.2 Å². The summed E-state index contributed by atoms with van der Waals surface area (Å²) in [6, 6.07) is 6.85. The van der Waals surface area contributed by atoms with Crippen LogP contribution in [-0.4, -0.2) is 40.5 Å². The maximum Gasteiger partial charge on any atom is 0.215 e. The van der Waals surface area contributed by atoms with Crippen molar-refractivity contribution in [2.45, 2.75) is 6.92 Å². The highest BCUT2D eigenvalue weighted by Gasteiger charge is 2.09. The van der Waals surface area contributed by atoms with E-state index in [-0.39, 0.29) is 18.9 Å². The number of ether oxygens (including phenoxy) is 2. The van der Waals surface area contributed by atoms with Crippen LogP contribution in [0.2, 0.25) is 0 Å². The summed E-state index contributed by atoms with van der Waals surface area (Å²) in [4.78, 5) is 0. The summed E-state index contributed by atoms with van der Waals surface area (Å²) in [5.41, 5.74) is 7.07. The molecule has 21 heavy (non-hydrogen) atoms. The van der Waals surface area contributed by atoms with Crippen molar-refractivity contribution in [3.05, 3.63) is 36.4 Å². The lowest BCUT2D eigenvalue weighted by Crippen LogP contribution is -2.31. The molecule has 0 amide bonds. The van der Waals surface area contributed by atoms with E-state index in [2.05, 4.69) is 11.3 Å². The van der Waals surface area contributed by atoms with Gasteiger partial charge in [0.1, 0.15) is 12.4 Å². The quantitative estimate of drug-likeness (QED) is 0.384. The monoisotopic (exact) mass is 314 g/mol. The van der Waals surface area contributed by atoms with E-state index in [0.717, 1.165) is 5.57 Å². The average Bonchev–Trinajstić information content (AvgIpc) is 2.37. The molecule has 0 bridgehead atoms. The van der Waals surface area contributed by atoms with Gasteiger partial charge in [0.2, 0.25) is 10.0 Å². The van der Waals surface area contributed by atoms with Gasteiger partial charge in [0.05, 0.1) is 19.0 Å². The fourth-order valence-corrected chi connectivity index (χ4v) is 2.30. The Balaban J connectivity index is 2.22. The van der Waals surface area contributed by atoms with Crippen molar-refractivity contribution in [3.63, 3.8) is 0 Å². The molecule has 118 valence electrons. The molecule has 0 aliphatic carbocycles. The summed E-state index contributed by atoms with van der Waals surface area (Å²) in [5, 5.41) is 0. The Bertz CT molecular complexity index is 558. The number of nitrogens with two attached hydrogens (primary N) is 1. The molecule has 0 saturated carbocycles. The number of nitrogens with one attached hydrogen (secondary N) is 1. The van der Waals surface area contributed by atoms with Crippen molar-refractivity contribution in [2.24, 2.45) is 0 Å². The topological polar surface area (TPSA) is 90.6 Å². The first-order chi connectivity index (χ1) is 9.89. The number of benzene rings is 1. The molecule has 0 aliphatic rings. The predicted octanol–water partition coefficient (Wildman–Crippen LogP) is 1.16. The number of hydrogen-bond donors (Lipinski definition) is 2. The number of nitrogen functional groups attached to an aromatic ring is 1. The predicted molar refractivity (Wildman–Crippen MR) is 83.8 cm³/mol. The van der Waals surface area contributed by atoms with Gasteiger partial charge in [-0.2, -0.15) is 0 Å². The second kappa shape index (κ2) is 8.66. The zero-order valence-electron chi connectivity index (χ0n) is 12.2. The Kier molecular flexibility index (Phi) is 7.21. The third kappa shape index (κ3) is 8.34. The first kappa shape index (κ1) is 17.5. The SMILES string of the molecule is C=C(C)COCCNS(=O)(=O)CCOc1cccc(N)c1. The smallest absolute Gasteiger partial charge is 0.215 e. The third-order valence-electron chi connectivity index (χ3n) is 2.40. The zero-order chi connectivity index (χ0) is 15.7. The highest BCUT2D eigenvalue weighted by molar-refractivity contribution is 7.89. The van der Waals surface area contributed by atoms with E-state index < -0.39 is 10.0 Å². The molecule has 1 aromatic rings. The van der Waals surface area contributed by atoms with Crippen LogP contribution >= 0.6 is 0 Å². The molecule has 1 aromatic carbocycles. The van der Waals surface area contributed by atoms with Gasteiger partial charge in [0.15, 0.2) is 0 Å². The van der Waals surface area contributed by atoms with Crippen molar-refractivity contribution >= 4 is 15.7 Å². The molecule has 0 atom stereocenters. The second-order valence-corrected chi connectivity index (χ2v) is 6.57. The first-order valence-electron chi connectivity index (χ1n) is 6.57. The Labute approximate surface area is 126 Å². The Morgan fingerprint density at radius 1 is 1.38 bits per heavy atom. The fraction of sp³-hybridized carbons (Fsp3) is 0.429. The minimum absolute atomic E-state index is 0.0609. The zero-order valence-corrected chi connectivity index (χ0v) is 13.0. The van der Waals surface area contributed by atoms with E-state index in [1.54, 1.807) is 24.3 Å². The van der Waals surface area contributed by atoms with E-state index in [0.29, 0.717) is 24.7 Å². The lowest BCUT2D eigenvalue weighted by atomic mass is 10.3. The largest absolute Gasteiger partial charge is 0.492 e. The summed E-state index contributed by atoms with van der Waals surface area (Å²) in [5.74, 6) is 0.428. The van der Waals surface area contributed by atoms with E-state index in [1.807, 2.05) is 6.92 Å². The van der Waals surface area contributed by atoms with Crippen LogP contribution in [0.4, 0.5) is 5.69 Å². The number of sulfonamides is 1. The van der Waals surface area contributed by atoms with Crippen LogP contribution in [0.3, 0.4) is 0 Å². The van der Waals surface area contributed by atoms with Gasteiger partial charge in [-0.05, 0) is 19.1 Å². The van der Waals surface area contributed by atoms with Gasteiger partial charge in [-0.3, -0.25) is 0 Å². The number of rotatable bonds is 10. The minimum atomic E-state index is -3.37. The molecule has 0 aliphatic heterocycles. The molecule has 0 unspecified atom stereocenters. The average molecular weight is 314 g/mol. The summed E-state index contributed by atoms with van der Waals surface area (Å²) < 4.78 is 36.4. The van der Waals surface area contributed by atoms with Crippen LogP contribution in [0.25, 0.3) is 0 Å². The highest BCUT2D eigenvalue weighted by Crippen LogP contribution is 2.14. The summed E-state index contributed by atoms with van der Waals surface area (Å²) in [6.45, 7) is 6.56. The van der Waals surface area contributed by atoms with Gasteiger partial charge in [-0.1, -0.05) is 18.2 Å². The standard InChI is InChI=1S/C14H22N2O4S/c1-12(2)11-19-7-6-16-21(17,18)9-8-20-14-5-3-4-13(15)10-14/h3-5,10,16H,1,6-9,11,15H2,2H3. The molecule has 0 radical (unpaired) electrons. The molecular weight excluding hydrogens is 292 g/mol.